The van der Waals surface area contributed by atoms with Crippen molar-refractivity contribution in [1.82, 2.24) is 9.78 Å². The van der Waals surface area contributed by atoms with Crippen molar-refractivity contribution in [2.75, 3.05) is 0 Å². The second kappa shape index (κ2) is 3.05. The van der Waals surface area contributed by atoms with Crippen LogP contribution in [0.15, 0.2) is 6.20 Å². The predicted octanol–water partition coefficient (Wildman–Crippen LogP) is 1.26. The highest BCUT2D eigenvalue weighted by atomic mass is 16.3. The molecule has 0 bridgehead atoms. The maximum atomic E-state index is 9.26. The molecule has 0 aliphatic carbocycles. The van der Waals surface area contributed by atoms with Crippen LogP contribution in [-0.2, 0) is 6.54 Å². The second-order valence-electron chi connectivity index (χ2n) is 2.70. The van der Waals surface area contributed by atoms with Gasteiger partial charge in [0.05, 0.1) is 11.8 Å². The summed E-state index contributed by atoms with van der Waals surface area (Å²) >= 11 is 0. The van der Waals surface area contributed by atoms with Crippen molar-refractivity contribution in [2.24, 2.45) is 0 Å². The summed E-state index contributed by atoms with van der Waals surface area (Å²) in [5.74, 6) is 0. The van der Waals surface area contributed by atoms with Crippen LogP contribution in [0.25, 0.3) is 0 Å². The average Bonchev–Trinajstić information content (AvgIpc) is 2.30. The van der Waals surface area contributed by atoms with Crippen LogP contribution in [0.5, 0.6) is 0 Å². The summed E-state index contributed by atoms with van der Waals surface area (Å²) < 4.78 is 1.83. The van der Waals surface area contributed by atoms with Gasteiger partial charge in [0.1, 0.15) is 0 Å². The first-order chi connectivity index (χ1) is 5.15. The number of hydrogen-bond acceptors (Lipinski definition) is 2. The van der Waals surface area contributed by atoms with Crippen LogP contribution in [-0.4, -0.2) is 14.9 Å². The van der Waals surface area contributed by atoms with Gasteiger partial charge in [0.2, 0.25) is 0 Å². The molecule has 0 spiro atoms. The molecule has 1 aromatic heterocycles. The van der Waals surface area contributed by atoms with Gasteiger partial charge in [-0.3, -0.25) is 4.68 Å². The Morgan fingerprint density at radius 2 is 2.36 bits per heavy atom. The topological polar surface area (TPSA) is 38.0 Å². The summed E-state index contributed by atoms with van der Waals surface area (Å²) in [6.45, 7) is 6.55. The lowest BCUT2D eigenvalue weighted by atomic mass is 10.2. The third-order valence-corrected chi connectivity index (χ3v) is 1.76. The van der Waals surface area contributed by atoms with Crippen molar-refractivity contribution in [1.29, 1.82) is 0 Å². The molecule has 0 saturated carbocycles. The molecular formula is C8H14N2O. The average molecular weight is 154 g/mol. The maximum Gasteiger partial charge on any atom is 0.0795 e. The van der Waals surface area contributed by atoms with Crippen molar-refractivity contribution < 1.29 is 5.11 Å². The summed E-state index contributed by atoms with van der Waals surface area (Å²) in [5, 5.41) is 13.5. The highest BCUT2D eigenvalue weighted by Crippen LogP contribution is 2.14. The van der Waals surface area contributed by atoms with E-state index in [9.17, 15) is 5.11 Å². The Labute approximate surface area is 66.7 Å². The number of nitrogens with zero attached hydrogens (tertiary/aromatic N) is 2. The third kappa shape index (κ3) is 1.60. The minimum Gasteiger partial charge on any atom is -0.389 e. The molecule has 0 radical (unpaired) electrons. The van der Waals surface area contributed by atoms with Gasteiger partial charge < -0.3 is 5.11 Å². The Hall–Kier alpha value is -0.830. The zero-order valence-corrected chi connectivity index (χ0v) is 7.20. The number of hydrogen-bond donors (Lipinski definition) is 1. The summed E-state index contributed by atoms with van der Waals surface area (Å²) in [7, 11) is 0. The van der Waals surface area contributed by atoms with E-state index >= 15 is 0 Å². The van der Waals surface area contributed by atoms with E-state index in [-0.39, 0.29) is 0 Å². The number of aromatic nitrogens is 2. The van der Waals surface area contributed by atoms with Crippen LogP contribution >= 0.6 is 0 Å². The molecule has 0 aliphatic rings. The van der Waals surface area contributed by atoms with Crippen molar-refractivity contribution in [3.05, 3.63) is 17.5 Å². The van der Waals surface area contributed by atoms with Gasteiger partial charge in [0.25, 0.3) is 0 Å². The van der Waals surface area contributed by atoms with E-state index in [1.165, 1.54) is 0 Å². The molecule has 3 heteroatoms. The molecule has 3 nitrogen and oxygen atoms in total. The molecule has 0 aliphatic heterocycles. The number of aliphatic hydroxyl groups excluding tert-OH is 1. The first kappa shape index (κ1) is 8.27. The maximum absolute atomic E-state index is 9.26. The smallest absolute Gasteiger partial charge is 0.0795 e. The van der Waals surface area contributed by atoms with Crippen molar-refractivity contribution in [3.63, 3.8) is 0 Å². The first-order valence-electron chi connectivity index (χ1n) is 3.87. The molecule has 1 N–H and O–H groups in total. The fraction of sp³-hybridized carbons (Fsp3) is 0.625. The zero-order valence-electron chi connectivity index (χ0n) is 7.20. The predicted molar refractivity (Wildman–Crippen MR) is 43.3 cm³/mol. The Morgan fingerprint density at radius 3 is 2.64 bits per heavy atom. The summed E-state index contributed by atoms with van der Waals surface area (Å²) in [6, 6.07) is 0. The van der Waals surface area contributed by atoms with E-state index < -0.39 is 6.10 Å². The van der Waals surface area contributed by atoms with Gasteiger partial charge in [-0.2, -0.15) is 5.10 Å². The molecule has 1 aromatic rings. The summed E-state index contributed by atoms with van der Waals surface area (Å²) in [6.07, 6.45) is 1.48. The molecule has 1 atom stereocenters. The van der Waals surface area contributed by atoms with E-state index in [2.05, 4.69) is 5.10 Å². The largest absolute Gasteiger partial charge is 0.389 e. The van der Waals surface area contributed by atoms with Crippen LogP contribution in [0.3, 0.4) is 0 Å². The van der Waals surface area contributed by atoms with Crippen LogP contribution in [0, 0.1) is 6.92 Å². The fourth-order valence-electron chi connectivity index (χ4n) is 1.11. The molecule has 0 saturated heterocycles. The van der Waals surface area contributed by atoms with E-state index in [1.807, 2.05) is 24.7 Å². The van der Waals surface area contributed by atoms with Gasteiger partial charge >= 0.3 is 0 Å². The van der Waals surface area contributed by atoms with Crippen LogP contribution in [0.4, 0.5) is 0 Å². The number of aryl methyl sites for hydroxylation is 2. The highest BCUT2D eigenvalue weighted by Gasteiger charge is 2.07. The van der Waals surface area contributed by atoms with Crippen molar-refractivity contribution >= 4 is 0 Å². The lowest BCUT2D eigenvalue weighted by Crippen LogP contribution is -1.93. The number of rotatable bonds is 2. The first-order valence-corrected chi connectivity index (χ1v) is 3.87. The standard InChI is InChI=1S/C8H14N2O/c1-4-10-5-8(7(3)11)6(2)9-10/h5,7,11H,4H2,1-3H3/t7-/m0/s1. The summed E-state index contributed by atoms with van der Waals surface area (Å²) in [4.78, 5) is 0. The summed E-state index contributed by atoms with van der Waals surface area (Å²) in [5.41, 5.74) is 1.84. The van der Waals surface area contributed by atoms with Gasteiger partial charge in [-0.15, -0.1) is 0 Å². The Morgan fingerprint density at radius 1 is 1.73 bits per heavy atom. The van der Waals surface area contributed by atoms with Gasteiger partial charge in [-0.25, -0.2) is 0 Å². The van der Waals surface area contributed by atoms with E-state index in [1.54, 1.807) is 6.92 Å². The Balaban J connectivity index is 2.97. The Bertz CT molecular complexity index is 240. The monoisotopic (exact) mass is 154 g/mol. The second-order valence-corrected chi connectivity index (χ2v) is 2.70. The molecule has 11 heavy (non-hydrogen) atoms. The van der Waals surface area contributed by atoms with Crippen molar-refractivity contribution in [2.45, 2.75) is 33.4 Å². The van der Waals surface area contributed by atoms with Crippen molar-refractivity contribution in [3.8, 4) is 0 Å². The molecule has 0 aromatic carbocycles. The number of aliphatic hydroxyl groups is 1. The molecule has 62 valence electrons. The lowest BCUT2D eigenvalue weighted by Gasteiger charge is -1.98. The zero-order chi connectivity index (χ0) is 8.43. The normalized spacial score (nSPS) is 13.5. The lowest BCUT2D eigenvalue weighted by molar-refractivity contribution is 0.198. The molecule has 1 rings (SSSR count). The minimum absolute atomic E-state index is 0.407. The molecule has 0 fully saturated rings. The SMILES string of the molecule is CCn1cc([C@H](C)O)c(C)n1. The third-order valence-electron chi connectivity index (χ3n) is 1.76. The van der Waals surface area contributed by atoms with Crippen LogP contribution in [0.2, 0.25) is 0 Å². The fourth-order valence-corrected chi connectivity index (χ4v) is 1.11. The van der Waals surface area contributed by atoms with Crippen LogP contribution < -0.4 is 0 Å². The molecule has 0 unspecified atom stereocenters. The van der Waals surface area contributed by atoms with E-state index in [4.69, 9.17) is 0 Å². The van der Waals surface area contributed by atoms with Crippen LogP contribution in [0.1, 0.15) is 31.2 Å². The Kier molecular flexibility index (Phi) is 2.29. The van der Waals surface area contributed by atoms with Gasteiger partial charge in [-0.05, 0) is 20.8 Å². The van der Waals surface area contributed by atoms with Gasteiger partial charge in [0, 0.05) is 18.3 Å². The minimum atomic E-state index is -0.407. The van der Waals surface area contributed by atoms with Gasteiger partial charge in [-0.1, -0.05) is 0 Å². The quantitative estimate of drug-likeness (QED) is 0.696. The van der Waals surface area contributed by atoms with E-state index in [0.29, 0.717) is 0 Å². The molecule has 0 amide bonds. The molecule has 1 heterocycles. The molecular weight excluding hydrogens is 140 g/mol. The van der Waals surface area contributed by atoms with Gasteiger partial charge in [0.15, 0.2) is 0 Å². The highest BCUT2D eigenvalue weighted by molar-refractivity contribution is 5.17. The van der Waals surface area contributed by atoms with E-state index in [0.717, 1.165) is 17.8 Å².